The first kappa shape index (κ1) is 13.0. The third-order valence-electron chi connectivity index (χ3n) is 2.30. The molecule has 17 heavy (non-hydrogen) atoms. The summed E-state index contributed by atoms with van der Waals surface area (Å²) in [6, 6.07) is 9.35. The Balaban J connectivity index is 2.81. The van der Waals surface area contributed by atoms with Crippen LogP contribution in [0.5, 0.6) is 0 Å². The lowest BCUT2D eigenvalue weighted by Crippen LogP contribution is -2.27. The number of carbonyl (C=O) groups is 1. The molecule has 1 aromatic carbocycles. The van der Waals surface area contributed by atoms with Gasteiger partial charge in [-0.3, -0.25) is 4.79 Å². The zero-order chi connectivity index (χ0) is 12.5. The van der Waals surface area contributed by atoms with E-state index in [2.05, 4.69) is 11.4 Å². The molecule has 0 fully saturated rings. The second-order valence-corrected chi connectivity index (χ2v) is 3.43. The minimum atomic E-state index is 0.0246. The van der Waals surface area contributed by atoms with E-state index in [1.807, 2.05) is 17.0 Å². The lowest BCUT2D eigenvalue weighted by Gasteiger charge is -2.23. The molecule has 0 aliphatic rings. The van der Waals surface area contributed by atoms with Crippen LogP contribution < -0.4 is 10.2 Å². The summed E-state index contributed by atoms with van der Waals surface area (Å²) >= 11 is 0. The van der Waals surface area contributed by atoms with Crippen molar-refractivity contribution in [2.75, 3.05) is 29.9 Å². The Hall–Kier alpha value is -2.06. The molecule has 1 rings (SSSR count). The maximum Gasteiger partial charge on any atom is 0.211 e. The van der Waals surface area contributed by atoms with E-state index in [4.69, 9.17) is 10.4 Å². The van der Waals surface area contributed by atoms with Crippen LogP contribution in [-0.4, -0.2) is 31.2 Å². The number of aliphatic hydroxyl groups is 1. The highest BCUT2D eigenvalue weighted by Gasteiger charge is 2.05. The summed E-state index contributed by atoms with van der Waals surface area (Å²) < 4.78 is 0. The number of nitriles is 1. The number of nitrogens with zero attached hydrogens (tertiary/aromatic N) is 2. The molecular formula is C12H15N3O2. The Morgan fingerprint density at radius 2 is 2.29 bits per heavy atom. The number of hydrogen-bond acceptors (Lipinski definition) is 4. The molecule has 0 heterocycles. The van der Waals surface area contributed by atoms with Gasteiger partial charge >= 0.3 is 0 Å². The maximum absolute atomic E-state index is 10.3. The predicted octanol–water partition coefficient (Wildman–Crippen LogP) is 0.967. The molecule has 0 aliphatic carbocycles. The zero-order valence-corrected chi connectivity index (χ0v) is 9.47. The van der Waals surface area contributed by atoms with Crippen LogP contribution in [0, 0.1) is 11.3 Å². The van der Waals surface area contributed by atoms with E-state index in [1.165, 1.54) is 0 Å². The Kier molecular flexibility index (Phi) is 5.55. The minimum absolute atomic E-state index is 0.0246. The Morgan fingerprint density at radius 1 is 1.47 bits per heavy atom. The maximum atomic E-state index is 10.3. The fourth-order valence-corrected chi connectivity index (χ4v) is 1.54. The van der Waals surface area contributed by atoms with Gasteiger partial charge in [0.15, 0.2) is 0 Å². The summed E-state index contributed by atoms with van der Waals surface area (Å²) in [5.41, 5.74) is 1.57. The van der Waals surface area contributed by atoms with Gasteiger partial charge in [0.2, 0.25) is 6.41 Å². The van der Waals surface area contributed by atoms with Crippen molar-refractivity contribution in [2.24, 2.45) is 0 Å². The van der Waals surface area contributed by atoms with Gasteiger partial charge in [-0.2, -0.15) is 5.26 Å². The molecule has 0 aliphatic heterocycles. The summed E-state index contributed by atoms with van der Waals surface area (Å²) in [5.74, 6) is 0. The van der Waals surface area contributed by atoms with Crippen LogP contribution >= 0.6 is 0 Å². The van der Waals surface area contributed by atoms with Gasteiger partial charge in [0.1, 0.15) is 0 Å². The number of hydrogen-bond donors (Lipinski definition) is 2. The monoisotopic (exact) mass is 233 g/mol. The quantitative estimate of drug-likeness (QED) is 0.688. The van der Waals surface area contributed by atoms with E-state index in [9.17, 15) is 4.79 Å². The first-order valence-electron chi connectivity index (χ1n) is 5.35. The molecule has 90 valence electrons. The molecule has 0 unspecified atom stereocenters. The van der Waals surface area contributed by atoms with Gasteiger partial charge < -0.3 is 15.3 Å². The Morgan fingerprint density at radius 3 is 2.94 bits per heavy atom. The first-order valence-corrected chi connectivity index (χ1v) is 5.35. The van der Waals surface area contributed by atoms with E-state index >= 15 is 0 Å². The SMILES string of the molecule is N#CCCN(CCO)c1cccc(NC=O)c1. The second-order valence-electron chi connectivity index (χ2n) is 3.43. The van der Waals surface area contributed by atoms with Crippen LogP contribution in [-0.2, 0) is 4.79 Å². The number of amides is 1. The van der Waals surface area contributed by atoms with Crippen molar-refractivity contribution >= 4 is 17.8 Å². The largest absolute Gasteiger partial charge is 0.395 e. The molecule has 0 bridgehead atoms. The molecule has 1 amide bonds. The molecule has 0 aromatic heterocycles. The van der Waals surface area contributed by atoms with E-state index in [1.54, 1.807) is 12.1 Å². The summed E-state index contributed by atoms with van der Waals surface area (Å²) in [4.78, 5) is 12.2. The topological polar surface area (TPSA) is 76.4 Å². The van der Waals surface area contributed by atoms with Crippen molar-refractivity contribution < 1.29 is 9.90 Å². The van der Waals surface area contributed by atoms with Crippen LogP contribution in [0.25, 0.3) is 0 Å². The number of rotatable bonds is 7. The van der Waals surface area contributed by atoms with Gasteiger partial charge in [0, 0.05) is 24.5 Å². The Labute approximate surface area is 100 Å². The van der Waals surface area contributed by atoms with Gasteiger partial charge in [0.25, 0.3) is 0 Å². The van der Waals surface area contributed by atoms with Gasteiger partial charge in [-0.1, -0.05) is 6.07 Å². The number of benzene rings is 1. The molecule has 0 radical (unpaired) electrons. The standard InChI is InChI=1S/C12H15N3O2/c13-5-2-6-15(7-8-16)12-4-1-3-11(9-12)14-10-17/h1,3-4,9-10,16H,2,6-8H2,(H,14,17). The fraction of sp³-hybridized carbons (Fsp3) is 0.333. The Bertz CT molecular complexity index is 401. The zero-order valence-electron chi connectivity index (χ0n) is 9.47. The average Bonchev–Trinajstić information content (AvgIpc) is 2.35. The van der Waals surface area contributed by atoms with Crippen molar-refractivity contribution in [3.8, 4) is 6.07 Å². The third-order valence-corrected chi connectivity index (χ3v) is 2.30. The minimum Gasteiger partial charge on any atom is -0.395 e. The van der Waals surface area contributed by atoms with Crippen LogP contribution in [0.15, 0.2) is 24.3 Å². The summed E-state index contributed by atoms with van der Waals surface area (Å²) in [7, 11) is 0. The normalized spacial score (nSPS) is 9.41. The average molecular weight is 233 g/mol. The lowest BCUT2D eigenvalue weighted by atomic mass is 10.2. The summed E-state index contributed by atoms with van der Waals surface area (Å²) in [5, 5.41) is 20.1. The summed E-state index contributed by atoms with van der Waals surface area (Å²) in [6.07, 6.45) is 1.01. The van der Waals surface area contributed by atoms with Crippen LogP contribution in [0.1, 0.15) is 6.42 Å². The molecule has 0 atom stereocenters. The molecule has 0 saturated carbocycles. The highest BCUT2D eigenvalue weighted by atomic mass is 16.3. The van der Waals surface area contributed by atoms with E-state index in [0.29, 0.717) is 31.6 Å². The van der Waals surface area contributed by atoms with Crippen molar-refractivity contribution in [3.63, 3.8) is 0 Å². The van der Waals surface area contributed by atoms with Crippen molar-refractivity contribution in [2.45, 2.75) is 6.42 Å². The number of aliphatic hydroxyl groups excluding tert-OH is 1. The number of carbonyl (C=O) groups excluding carboxylic acids is 1. The van der Waals surface area contributed by atoms with Crippen LogP contribution in [0.2, 0.25) is 0 Å². The van der Waals surface area contributed by atoms with Crippen LogP contribution in [0.4, 0.5) is 11.4 Å². The van der Waals surface area contributed by atoms with E-state index in [0.717, 1.165) is 5.69 Å². The second kappa shape index (κ2) is 7.25. The molecule has 1 aromatic rings. The number of anilines is 2. The fourth-order valence-electron chi connectivity index (χ4n) is 1.54. The summed E-state index contributed by atoms with van der Waals surface area (Å²) in [6.45, 7) is 1.05. The lowest BCUT2D eigenvalue weighted by molar-refractivity contribution is -0.105. The smallest absolute Gasteiger partial charge is 0.211 e. The molecular weight excluding hydrogens is 218 g/mol. The van der Waals surface area contributed by atoms with E-state index in [-0.39, 0.29) is 6.61 Å². The molecule has 5 nitrogen and oxygen atoms in total. The molecule has 5 heteroatoms. The number of nitrogens with one attached hydrogen (secondary N) is 1. The van der Waals surface area contributed by atoms with Gasteiger partial charge in [0.05, 0.1) is 19.1 Å². The van der Waals surface area contributed by atoms with Crippen molar-refractivity contribution in [1.82, 2.24) is 0 Å². The van der Waals surface area contributed by atoms with Crippen molar-refractivity contribution in [1.29, 1.82) is 5.26 Å². The third kappa shape index (κ3) is 4.13. The van der Waals surface area contributed by atoms with Crippen LogP contribution in [0.3, 0.4) is 0 Å². The highest BCUT2D eigenvalue weighted by molar-refractivity contribution is 5.73. The van der Waals surface area contributed by atoms with Crippen molar-refractivity contribution in [3.05, 3.63) is 24.3 Å². The molecule has 2 N–H and O–H groups in total. The highest BCUT2D eigenvalue weighted by Crippen LogP contribution is 2.19. The van der Waals surface area contributed by atoms with Gasteiger partial charge in [-0.25, -0.2) is 0 Å². The van der Waals surface area contributed by atoms with Gasteiger partial charge in [-0.05, 0) is 18.2 Å². The molecule has 0 spiro atoms. The molecule has 0 saturated heterocycles. The predicted molar refractivity (Wildman–Crippen MR) is 65.7 cm³/mol. The van der Waals surface area contributed by atoms with Gasteiger partial charge in [-0.15, -0.1) is 0 Å². The van der Waals surface area contributed by atoms with E-state index < -0.39 is 0 Å². The first-order chi connectivity index (χ1) is 8.31.